The van der Waals surface area contributed by atoms with E-state index in [-0.39, 0.29) is 0 Å². The number of aromatic nitrogens is 3. The number of rotatable bonds is 7. The number of allylic oxidation sites excluding steroid dienone is 1. The van der Waals surface area contributed by atoms with E-state index in [0.29, 0.717) is 12.0 Å². The maximum atomic E-state index is 4.81. The number of hydrogen-bond acceptors (Lipinski definition) is 6. The molecule has 0 unspecified atom stereocenters. The van der Waals surface area contributed by atoms with E-state index in [1.165, 1.54) is 25.7 Å². The van der Waals surface area contributed by atoms with Crippen molar-refractivity contribution in [1.82, 2.24) is 19.9 Å². The summed E-state index contributed by atoms with van der Waals surface area (Å²) in [6.45, 7) is 8.56. The normalized spacial score (nSPS) is 18.4. The molecule has 0 radical (unpaired) electrons. The molecule has 1 aliphatic heterocycles. The van der Waals surface area contributed by atoms with E-state index in [1.54, 1.807) is 0 Å². The van der Waals surface area contributed by atoms with E-state index < -0.39 is 0 Å². The summed E-state index contributed by atoms with van der Waals surface area (Å²) in [6, 6.07) is 2.59. The number of likely N-dealkylation sites (tertiary alicyclic amines) is 1. The Morgan fingerprint density at radius 1 is 1.09 bits per heavy atom. The lowest BCUT2D eigenvalue weighted by Gasteiger charge is -2.29. The Balaban J connectivity index is 0.00000158. The van der Waals surface area contributed by atoms with Gasteiger partial charge in [-0.25, -0.2) is 9.97 Å². The first kappa shape index (κ1) is 25.5. The Bertz CT molecular complexity index is 1080. The molecule has 1 saturated heterocycles. The molecule has 1 aliphatic carbocycles. The molecule has 0 atom stereocenters. The minimum atomic E-state index is 0.475. The minimum Gasteiger partial charge on any atom is -0.366 e. The van der Waals surface area contributed by atoms with Crippen LogP contribution in [0.15, 0.2) is 36.9 Å². The molecule has 6 nitrogen and oxygen atoms in total. The second kappa shape index (κ2) is 12.9. The number of pyridine rings is 1. The van der Waals surface area contributed by atoms with Crippen molar-refractivity contribution in [3.63, 3.8) is 0 Å². The fraction of sp³-hybridized carbons (Fsp3) is 0.464. The van der Waals surface area contributed by atoms with E-state index in [1.807, 2.05) is 25.5 Å². The van der Waals surface area contributed by atoms with Crippen molar-refractivity contribution in [2.24, 2.45) is 5.92 Å². The molecule has 3 heterocycles. The van der Waals surface area contributed by atoms with Crippen LogP contribution in [0.4, 0.5) is 11.6 Å². The van der Waals surface area contributed by atoms with Crippen LogP contribution in [0.3, 0.4) is 0 Å². The van der Waals surface area contributed by atoms with Crippen LogP contribution in [0.2, 0.25) is 0 Å². The number of anilines is 2. The van der Waals surface area contributed by atoms with E-state index in [0.717, 1.165) is 65.8 Å². The Kier molecular flexibility index (Phi) is 9.66. The first-order chi connectivity index (χ1) is 16.6. The van der Waals surface area contributed by atoms with Crippen molar-refractivity contribution in [2.45, 2.75) is 57.9 Å². The molecule has 4 rings (SSSR count). The molecule has 34 heavy (non-hydrogen) atoms. The lowest BCUT2D eigenvalue weighted by molar-refractivity contribution is 0.263. The Labute approximate surface area is 204 Å². The third kappa shape index (κ3) is 7.16. The maximum absolute atomic E-state index is 4.81. The second-order valence-electron chi connectivity index (χ2n) is 9.14. The highest BCUT2D eigenvalue weighted by Gasteiger charge is 2.18. The molecule has 2 fully saturated rings. The van der Waals surface area contributed by atoms with Gasteiger partial charge in [-0.3, -0.25) is 4.98 Å². The lowest BCUT2D eigenvalue weighted by Crippen LogP contribution is -2.36. The third-order valence-corrected chi connectivity index (χ3v) is 6.70. The summed E-state index contributed by atoms with van der Waals surface area (Å²) in [5, 5.41) is 9.29. The van der Waals surface area contributed by atoms with Gasteiger partial charge < -0.3 is 15.5 Å². The smallest absolute Gasteiger partial charge is 0.145 e. The molecule has 6 heteroatoms. The third-order valence-electron chi connectivity index (χ3n) is 6.70. The number of terminal acetylenes is 1. The van der Waals surface area contributed by atoms with Crippen LogP contribution in [0.25, 0.3) is 12.2 Å². The second-order valence-corrected chi connectivity index (χ2v) is 9.14. The van der Waals surface area contributed by atoms with Gasteiger partial charge in [0, 0.05) is 30.6 Å². The van der Waals surface area contributed by atoms with Crippen molar-refractivity contribution < 1.29 is 0 Å². The molecule has 2 N–H and O–H groups in total. The van der Waals surface area contributed by atoms with Gasteiger partial charge in [0.1, 0.15) is 11.6 Å². The summed E-state index contributed by atoms with van der Waals surface area (Å²) in [7, 11) is 2.18. The molecule has 2 aliphatic rings. The van der Waals surface area contributed by atoms with Gasteiger partial charge in [0.15, 0.2) is 0 Å². The summed E-state index contributed by atoms with van der Waals surface area (Å²) >= 11 is 0. The van der Waals surface area contributed by atoms with Gasteiger partial charge in [-0.1, -0.05) is 31.6 Å². The van der Waals surface area contributed by atoms with E-state index in [9.17, 15) is 0 Å². The fourth-order valence-corrected chi connectivity index (χ4v) is 4.66. The molecule has 0 spiro atoms. The van der Waals surface area contributed by atoms with Crippen molar-refractivity contribution in [2.75, 3.05) is 30.8 Å². The van der Waals surface area contributed by atoms with Crippen LogP contribution in [0, 0.1) is 18.8 Å². The van der Waals surface area contributed by atoms with Crippen LogP contribution in [-0.2, 0) is 6.42 Å². The molecule has 0 bridgehead atoms. The average molecular weight is 459 g/mol. The SMILES string of the molecule is C#C.C=C(Nc1cc(=C/Cc2cncc(NC3CCN(C)CC3)n2)/c(=C\C)cn1)C1CCCC1. The van der Waals surface area contributed by atoms with E-state index in [2.05, 4.69) is 70.2 Å². The summed E-state index contributed by atoms with van der Waals surface area (Å²) < 4.78 is 0. The predicted octanol–water partition coefficient (Wildman–Crippen LogP) is 3.57. The van der Waals surface area contributed by atoms with Gasteiger partial charge in [0.05, 0.1) is 11.9 Å². The Hall–Kier alpha value is -3.17. The van der Waals surface area contributed by atoms with Crippen molar-refractivity contribution in [3.05, 3.63) is 53.1 Å². The predicted molar refractivity (Wildman–Crippen MR) is 143 cm³/mol. The Morgan fingerprint density at radius 2 is 1.82 bits per heavy atom. The molecule has 0 aromatic carbocycles. The highest BCUT2D eigenvalue weighted by molar-refractivity contribution is 5.45. The molecule has 180 valence electrons. The minimum absolute atomic E-state index is 0.475. The number of hydrogen-bond donors (Lipinski definition) is 2. The summed E-state index contributed by atoms with van der Waals surface area (Å²) in [6.07, 6.45) is 26.0. The van der Waals surface area contributed by atoms with Crippen LogP contribution in [0.1, 0.15) is 51.1 Å². The summed E-state index contributed by atoms with van der Waals surface area (Å²) in [5.74, 6) is 2.30. The highest BCUT2D eigenvalue weighted by atomic mass is 15.1. The maximum Gasteiger partial charge on any atom is 0.145 e. The molecular formula is C28H38N6. The van der Waals surface area contributed by atoms with Crippen molar-refractivity contribution >= 4 is 23.8 Å². The van der Waals surface area contributed by atoms with Gasteiger partial charge >= 0.3 is 0 Å². The number of piperidine rings is 1. The van der Waals surface area contributed by atoms with Gasteiger partial charge in [-0.15, -0.1) is 12.8 Å². The molecule has 2 aromatic heterocycles. The molecule has 1 saturated carbocycles. The standard InChI is InChI=1S/C26H36N6.C2H2/c1-4-20-16-28-25(29-19(2)21-7-5-6-8-21)15-22(20)9-10-24-17-27-18-26(31-24)30-23-11-13-32(3)14-12-23;1-2/h4,9,15-18,21,23,29H,2,5-8,10-14H2,1,3H3,(H,30,31);1-2H/b20-4-,22-9-;. The first-order valence-electron chi connectivity index (χ1n) is 12.3. The average Bonchev–Trinajstić information content (AvgIpc) is 3.41. The van der Waals surface area contributed by atoms with Gasteiger partial charge in [-0.2, -0.15) is 0 Å². The van der Waals surface area contributed by atoms with Crippen molar-refractivity contribution in [1.29, 1.82) is 0 Å². The van der Waals surface area contributed by atoms with Crippen LogP contribution in [0.5, 0.6) is 0 Å². The largest absolute Gasteiger partial charge is 0.366 e. The first-order valence-corrected chi connectivity index (χ1v) is 12.3. The van der Waals surface area contributed by atoms with E-state index >= 15 is 0 Å². The van der Waals surface area contributed by atoms with Gasteiger partial charge in [0.2, 0.25) is 0 Å². The molecule has 0 amide bonds. The van der Waals surface area contributed by atoms with Crippen molar-refractivity contribution in [3.8, 4) is 12.8 Å². The molecular weight excluding hydrogens is 420 g/mol. The molecule has 2 aromatic rings. The van der Waals surface area contributed by atoms with E-state index in [4.69, 9.17) is 4.98 Å². The van der Waals surface area contributed by atoms with Gasteiger partial charge in [0.25, 0.3) is 0 Å². The summed E-state index contributed by atoms with van der Waals surface area (Å²) in [5.41, 5.74) is 2.05. The zero-order valence-corrected chi connectivity index (χ0v) is 20.6. The number of nitrogens with one attached hydrogen (secondary N) is 2. The van der Waals surface area contributed by atoms with Crippen LogP contribution in [-0.4, -0.2) is 46.0 Å². The monoisotopic (exact) mass is 458 g/mol. The topological polar surface area (TPSA) is 66.0 Å². The number of nitrogens with zero attached hydrogens (tertiary/aromatic N) is 4. The highest BCUT2D eigenvalue weighted by Crippen LogP contribution is 2.30. The Morgan fingerprint density at radius 3 is 2.53 bits per heavy atom. The fourth-order valence-electron chi connectivity index (χ4n) is 4.66. The van der Waals surface area contributed by atoms with Crippen LogP contribution >= 0.6 is 0 Å². The van der Waals surface area contributed by atoms with Crippen LogP contribution < -0.4 is 21.1 Å². The quantitative estimate of drug-likeness (QED) is 0.619. The van der Waals surface area contributed by atoms with Gasteiger partial charge in [-0.05, 0) is 75.2 Å². The lowest BCUT2D eigenvalue weighted by atomic mass is 10.1. The zero-order valence-electron chi connectivity index (χ0n) is 20.6. The zero-order chi connectivity index (χ0) is 24.3. The summed E-state index contributed by atoms with van der Waals surface area (Å²) in [4.78, 5) is 16.2.